The predicted octanol–water partition coefficient (Wildman–Crippen LogP) is 0.830. The lowest BCUT2D eigenvalue weighted by Crippen LogP contribution is -2.50. The van der Waals surface area contributed by atoms with Crippen molar-refractivity contribution in [2.75, 3.05) is 27.3 Å². The quantitative estimate of drug-likeness (QED) is 0.775. The zero-order valence-corrected chi connectivity index (χ0v) is 15.3. The summed E-state index contributed by atoms with van der Waals surface area (Å²) < 4.78 is 45.7. The molecule has 3 heterocycles. The van der Waals surface area contributed by atoms with Crippen LogP contribution >= 0.6 is 0 Å². The van der Waals surface area contributed by atoms with Gasteiger partial charge in [0.25, 0.3) is 0 Å². The molecule has 0 bridgehead atoms. The number of piperidine rings is 1. The standard InChI is InChI=1S/C16H20N4O5S/c1-23-14-4-3-12(7-15(14)24-2)26(21,22)19-6-5-13-16(9-19)25-10-11-8-17-18-20(11)13/h3-4,7-8,13,16H,5-6,9-10H2,1-2H3/t13-,16-/m0/s1. The molecule has 2 atom stereocenters. The van der Waals surface area contributed by atoms with Crippen molar-refractivity contribution in [3.05, 3.63) is 30.1 Å². The van der Waals surface area contributed by atoms with Crippen molar-refractivity contribution in [2.45, 2.75) is 30.1 Å². The third-order valence-electron chi connectivity index (χ3n) is 4.89. The van der Waals surface area contributed by atoms with Gasteiger partial charge in [0.1, 0.15) is 0 Å². The lowest BCUT2D eigenvalue weighted by atomic mass is 10.0. The van der Waals surface area contributed by atoms with Crippen molar-refractivity contribution < 1.29 is 22.6 Å². The van der Waals surface area contributed by atoms with Crippen LogP contribution < -0.4 is 9.47 Å². The van der Waals surface area contributed by atoms with Gasteiger partial charge >= 0.3 is 0 Å². The molecule has 0 aliphatic carbocycles. The summed E-state index contributed by atoms with van der Waals surface area (Å²) in [4.78, 5) is 0.172. The van der Waals surface area contributed by atoms with Gasteiger partial charge in [-0.15, -0.1) is 5.10 Å². The Hall–Kier alpha value is -2.17. The molecule has 9 nitrogen and oxygen atoms in total. The van der Waals surface area contributed by atoms with E-state index >= 15 is 0 Å². The van der Waals surface area contributed by atoms with E-state index in [1.165, 1.54) is 30.7 Å². The van der Waals surface area contributed by atoms with Gasteiger partial charge in [-0.1, -0.05) is 5.21 Å². The van der Waals surface area contributed by atoms with Crippen LogP contribution in [0.15, 0.2) is 29.3 Å². The zero-order valence-electron chi connectivity index (χ0n) is 14.5. The molecule has 2 aliphatic rings. The zero-order chi connectivity index (χ0) is 18.3. The maximum absolute atomic E-state index is 13.1. The minimum absolute atomic E-state index is 0.0121. The second kappa shape index (κ2) is 6.53. The van der Waals surface area contributed by atoms with Gasteiger partial charge in [0.2, 0.25) is 10.0 Å². The van der Waals surface area contributed by atoms with E-state index in [0.29, 0.717) is 31.1 Å². The van der Waals surface area contributed by atoms with Crippen LogP contribution in [0.5, 0.6) is 11.5 Å². The second-order valence-electron chi connectivity index (χ2n) is 6.26. The minimum atomic E-state index is -3.66. The number of benzene rings is 1. The van der Waals surface area contributed by atoms with Crippen LogP contribution in [0.4, 0.5) is 0 Å². The Morgan fingerprint density at radius 3 is 2.81 bits per heavy atom. The molecule has 0 amide bonds. The molecule has 0 unspecified atom stereocenters. The van der Waals surface area contributed by atoms with E-state index < -0.39 is 10.0 Å². The number of ether oxygens (including phenoxy) is 3. The molecule has 1 aromatic carbocycles. The smallest absolute Gasteiger partial charge is 0.243 e. The van der Waals surface area contributed by atoms with E-state index in [1.807, 2.05) is 4.68 Å². The van der Waals surface area contributed by atoms with Crippen LogP contribution in [-0.4, -0.2) is 61.1 Å². The number of aromatic nitrogens is 3. The molecule has 0 spiro atoms. The average molecular weight is 380 g/mol. The fourth-order valence-corrected chi connectivity index (χ4v) is 4.99. The Morgan fingerprint density at radius 1 is 1.23 bits per heavy atom. The molecule has 26 heavy (non-hydrogen) atoms. The highest BCUT2D eigenvalue weighted by Crippen LogP contribution is 2.35. The largest absolute Gasteiger partial charge is 0.493 e. The average Bonchev–Trinajstić information content (AvgIpc) is 3.16. The van der Waals surface area contributed by atoms with E-state index in [0.717, 1.165) is 5.69 Å². The van der Waals surface area contributed by atoms with Crippen LogP contribution in [0.25, 0.3) is 0 Å². The molecule has 140 valence electrons. The van der Waals surface area contributed by atoms with Gasteiger partial charge in [0, 0.05) is 19.2 Å². The summed E-state index contributed by atoms with van der Waals surface area (Å²) in [6.45, 7) is 1.06. The van der Waals surface area contributed by atoms with Crippen LogP contribution in [0.3, 0.4) is 0 Å². The molecule has 0 N–H and O–H groups in total. The van der Waals surface area contributed by atoms with Gasteiger partial charge in [0.05, 0.1) is 49.8 Å². The van der Waals surface area contributed by atoms with Crippen molar-refractivity contribution in [2.24, 2.45) is 0 Å². The van der Waals surface area contributed by atoms with Gasteiger partial charge < -0.3 is 14.2 Å². The molecular formula is C16H20N4O5S. The number of rotatable bonds is 4. The van der Waals surface area contributed by atoms with Crippen molar-refractivity contribution >= 4 is 10.0 Å². The highest BCUT2D eigenvalue weighted by atomic mass is 32.2. The predicted molar refractivity (Wildman–Crippen MR) is 90.6 cm³/mol. The van der Waals surface area contributed by atoms with Gasteiger partial charge in [-0.05, 0) is 18.6 Å². The third kappa shape index (κ3) is 2.74. The monoisotopic (exact) mass is 380 g/mol. The Kier molecular flexibility index (Phi) is 4.33. The Morgan fingerprint density at radius 2 is 2.04 bits per heavy atom. The van der Waals surface area contributed by atoms with Crippen LogP contribution in [0.2, 0.25) is 0 Å². The maximum Gasteiger partial charge on any atom is 0.243 e. The topological polar surface area (TPSA) is 95.8 Å². The maximum atomic E-state index is 13.1. The van der Waals surface area contributed by atoms with Crippen molar-refractivity contribution in [3.63, 3.8) is 0 Å². The highest BCUT2D eigenvalue weighted by molar-refractivity contribution is 7.89. The van der Waals surface area contributed by atoms with Crippen molar-refractivity contribution in [1.29, 1.82) is 0 Å². The molecule has 0 radical (unpaired) electrons. The summed E-state index contributed by atoms with van der Waals surface area (Å²) in [7, 11) is -0.675. The molecular weight excluding hydrogens is 360 g/mol. The normalized spacial score (nSPS) is 23.2. The van der Waals surface area contributed by atoms with Crippen molar-refractivity contribution in [3.8, 4) is 11.5 Å². The second-order valence-corrected chi connectivity index (χ2v) is 8.19. The van der Waals surface area contributed by atoms with Crippen LogP contribution in [0, 0.1) is 0 Å². The molecule has 1 saturated heterocycles. The summed E-state index contributed by atoms with van der Waals surface area (Å²) in [6, 6.07) is 4.62. The van der Waals surface area contributed by atoms with E-state index in [1.54, 1.807) is 12.3 Å². The van der Waals surface area contributed by atoms with E-state index in [4.69, 9.17) is 14.2 Å². The first-order valence-electron chi connectivity index (χ1n) is 8.27. The van der Waals surface area contributed by atoms with Gasteiger partial charge in [-0.25, -0.2) is 13.1 Å². The molecule has 1 aromatic heterocycles. The Balaban J connectivity index is 1.59. The first kappa shape index (κ1) is 17.3. The number of sulfonamides is 1. The van der Waals surface area contributed by atoms with Crippen LogP contribution in [0.1, 0.15) is 18.2 Å². The lowest BCUT2D eigenvalue weighted by Gasteiger charge is -2.40. The molecule has 4 rings (SSSR count). The van der Waals surface area contributed by atoms with E-state index in [2.05, 4.69) is 10.3 Å². The number of hydrogen-bond donors (Lipinski definition) is 0. The molecule has 10 heteroatoms. The van der Waals surface area contributed by atoms with Crippen LogP contribution in [-0.2, 0) is 21.4 Å². The number of methoxy groups -OCH3 is 2. The summed E-state index contributed by atoms with van der Waals surface area (Å²) >= 11 is 0. The molecule has 2 aliphatic heterocycles. The van der Waals surface area contributed by atoms with Gasteiger partial charge in [-0.3, -0.25) is 0 Å². The highest BCUT2D eigenvalue weighted by Gasteiger charge is 2.40. The molecule has 1 fully saturated rings. The molecule has 0 saturated carbocycles. The summed E-state index contributed by atoms with van der Waals surface area (Å²) in [5, 5.41) is 8.04. The summed E-state index contributed by atoms with van der Waals surface area (Å²) in [5.41, 5.74) is 0.919. The first-order chi connectivity index (χ1) is 12.5. The Bertz CT molecular complexity index is 913. The SMILES string of the molecule is COc1ccc(S(=O)(=O)N2CC[C@H]3[C@H](C2)OCc2cnnn23)cc1OC. The number of hydrogen-bond acceptors (Lipinski definition) is 7. The molecule has 2 aromatic rings. The number of fused-ring (bicyclic) bond motifs is 3. The third-order valence-corrected chi connectivity index (χ3v) is 6.75. The van der Waals surface area contributed by atoms with Gasteiger partial charge in [0.15, 0.2) is 11.5 Å². The van der Waals surface area contributed by atoms with Crippen molar-refractivity contribution in [1.82, 2.24) is 19.3 Å². The fourth-order valence-electron chi connectivity index (χ4n) is 3.50. The number of nitrogens with zero attached hydrogens (tertiary/aromatic N) is 4. The minimum Gasteiger partial charge on any atom is -0.493 e. The Labute approximate surface area is 151 Å². The lowest BCUT2D eigenvalue weighted by molar-refractivity contribution is -0.0544. The summed E-state index contributed by atoms with van der Waals surface area (Å²) in [6.07, 6.45) is 2.06. The summed E-state index contributed by atoms with van der Waals surface area (Å²) in [5.74, 6) is 0.865. The van der Waals surface area contributed by atoms with Gasteiger partial charge in [-0.2, -0.15) is 4.31 Å². The van der Waals surface area contributed by atoms with E-state index in [-0.39, 0.29) is 23.6 Å². The van der Waals surface area contributed by atoms with E-state index in [9.17, 15) is 8.42 Å². The first-order valence-corrected chi connectivity index (χ1v) is 9.71. The fraction of sp³-hybridized carbons (Fsp3) is 0.500.